The van der Waals surface area contributed by atoms with Crippen LogP contribution < -0.4 is 4.74 Å². The van der Waals surface area contributed by atoms with Gasteiger partial charge in [-0.05, 0) is 13.0 Å². The summed E-state index contributed by atoms with van der Waals surface area (Å²) in [5, 5.41) is 19.4. The largest absolute Gasteiger partial charge is 0.478 e. The fourth-order valence-corrected chi connectivity index (χ4v) is 1.39. The van der Waals surface area contributed by atoms with Gasteiger partial charge in [0.15, 0.2) is 11.6 Å². The fourth-order valence-electron chi connectivity index (χ4n) is 1.39. The smallest absolute Gasteiger partial charge is 0.347 e. The second-order valence-electron chi connectivity index (χ2n) is 3.73. The Bertz CT molecular complexity index is 504. The molecule has 0 spiro atoms. The first-order valence-corrected chi connectivity index (χ1v) is 5.19. The summed E-state index contributed by atoms with van der Waals surface area (Å²) < 4.78 is 23.2. The number of ether oxygens (including phenoxy) is 2. The van der Waals surface area contributed by atoms with Crippen molar-refractivity contribution in [1.29, 1.82) is 0 Å². The van der Waals surface area contributed by atoms with Gasteiger partial charge in [0.25, 0.3) is 5.69 Å². The molecule has 0 bridgehead atoms. The summed E-state index contributed by atoms with van der Waals surface area (Å²) in [5.41, 5.74) is -0.230. The molecular formula is C11H12FNO6. The Balaban J connectivity index is 3.04. The maximum atomic E-state index is 13.6. The van der Waals surface area contributed by atoms with Gasteiger partial charge in [-0.15, -0.1) is 0 Å². The topological polar surface area (TPSA) is 98.9 Å². The number of aliphatic carboxylic acids is 1. The molecule has 0 saturated carbocycles. The third-order valence-corrected chi connectivity index (χ3v) is 2.31. The summed E-state index contributed by atoms with van der Waals surface area (Å²) in [6.07, 6.45) is -1.39. The van der Waals surface area contributed by atoms with Gasteiger partial charge < -0.3 is 14.6 Å². The quantitative estimate of drug-likeness (QED) is 0.623. The Labute approximate surface area is 107 Å². The maximum absolute atomic E-state index is 13.6. The van der Waals surface area contributed by atoms with E-state index >= 15 is 0 Å². The monoisotopic (exact) mass is 273 g/mol. The van der Waals surface area contributed by atoms with Crippen molar-refractivity contribution in [1.82, 2.24) is 0 Å². The standard InChI is InChI=1S/C11H12FNO6/c1-6-3-9(7(12)4-8(6)13(16)17)19-10(5-18-2)11(14)15/h3-4,10H,5H2,1-2H3,(H,14,15). The molecular weight excluding hydrogens is 261 g/mol. The molecule has 19 heavy (non-hydrogen) atoms. The number of carboxylic acids is 1. The van der Waals surface area contributed by atoms with Crippen LogP contribution in [0.3, 0.4) is 0 Å². The highest BCUT2D eigenvalue weighted by Crippen LogP contribution is 2.27. The van der Waals surface area contributed by atoms with Gasteiger partial charge in [-0.2, -0.15) is 0 Å². The molecule has 8 heteroatoms. The summed E-state index contributed by atoms with van der Waals surface area (Å²) in [4.78, 5) is 20.7. The first kappa shape index (κ1) is 14.8. The zero-order valence-corrected chi connectivity index (χ0v) is 10.3. The minimum atomic E-state index is -1.39. The molecule has 7 nitrogen and oxygen atoms in total. The van der Waals surface area contributed by atoms with E-state index in [1.54, 1.807) is 0 Å². The van der Waals surface area contributed by atoms with Gasteiger partial charge in [-0.3, -0.25) is 10.1 Å². The van der Waals surface area contributed by atoms with Crippen LogP contribution in [0.15, 0.2) is 12.1 Å². The minimum absolute atomic E-state index is 0.169. The molecule has 0 aliphatic rings. The lowest BCUT2D eigenvalue weighted by Crippen LogP contribution is -2.31. The molecule has 0 radical (unpaired) electrons. The number of aryl methyl sites for hydroxylation is 1. The van der Waals surface area contributed by atoms with Crippen molar-refractivity contribution in [2.24, 2.45) is 0 Å². The third kappa shape index (κ3) is 3.62. The molecule has 0 amide bonds. The number of carbonyl (C=O) groups is 1. The number of methoxy groups -OCH3 is 1. The first-order valence-electron chi connectivity index (χ1n) is 5.19. The Morgan fingerprint density at radius 3 is 2.68 bits per heavy atom. The van der Waals surface area contributed by atoms with Crippen molar-refractivity contribution in [2.75, 3.05) is 13.7 Å². The van der Waals surface area contributed by atoms with Crippen LogP contribution in [-0.4, -0.2) is 35.8 Å². The SMILES string of the molecule is COCC(Oc1cc(C)c([N+](=O)[O-])cc1F)C(=O)O. The number of hydrogen-bond acceptors (Lipinski definition) is 5. The summed E-state index contributed by atoms with van der Waals surface area (Å²) >= 11 is 0. The summed E-state index contributed by atoms with van der Waals surface area (Å²) in [6, 6.07) is 1.77. The molecule has 0 heterocycles. The van der Waals surface area contributed by atoms with E-state index in [0.717, 1.165) is 6.07 Å². The third-order valence-electron chi connectivity index (χ3n) is 2.31. The number of nitro benzene ring substituents is 1. The molecule has 0 saturated heterocycles. The second kappa shape index (κ2) is 6.10. The number of halogens is 1. The van der Waals surface area contributed by atoms with Crippen LogP contribution in [-0.2, 0) is 9.53 Å². The van der Waals surface area contributed by atoms with Crippen LogP contribution in [0.2, 0.25) is 0 Å². The number of nitrogens with zero attached hydrogens (tertiary/aromatic N) is 1. The van der Waals surface area contributed by atoms with E-state index in [9.17, 15) is 19.3 Å². The van der Waals surface area contributed by atoms with Gasteiger partial charge in [-0.1, -0.05) is 0 Å². The van der Waals surface area contributed by atoms with E-state index in [1.807, 2.05) is 0 Å². The molecule has 0 fully saturated rings. The van der Waals surface area contributed by atoms with E-state index in [-0.39, 0.29) is 17.9 Å². The van der Waals surface area contributed by atoms with Crippen LogP contribution in [0.4, 0.5) is 10.1 Å². The average molecular weight is 273 g/mol. The van der Waals surface area contributed by atoms with Crippen molar-refractivity contribution in [3.63, 3.8) is 0 Å². The Morgan fingerprint density at radius 2 is 2.21 bits per heavy atom. The molecule has 0 aliphatic heterocycles. The predicted octanol–water partition coefficient (Wildman–Crippen LogP) is 1.52. The van der Waals surface area contributed by atoms with E-state index in [4.69, 9.17) is 9.84 Å². The molecule has 1 rings (SSSR count). The highest BCUT2D eigenvalue weighted by Gasteiger charge is 2.23. The van der Waals surface area contributed by atoms with Crippen molar-refractivity contribution in [3.8, 4) is 5.75 Å². The number of carboxylic acid groups (broad SMARTS) is 1. The number of hydrogen-bond donors (Lipinski definition) is 1. The van der Waals surface area contributed by atoms with Gasteiger partial charge in [0.05, 0.1) is 17.6 Å². The van der Waals surface area contributed by atoms with Gasteiger partial charge in [-0.25, -0.2) is 9.18 Å². The lowest BCUT2D eigenvalue weighted by atomic mass is 10.2. The van der Waals surface area contributed by atoms with Crippen molar-refractivity contribution < 1.29 is 28.7 Å². The van der Waals surface area contributed by atoms with E-state index < -0.39 is 28.5 Å². The van der Waals surface area contributed by atoms with Crippen LogP contribution in [0.5, 0.6) is 5.75 Å². The van der Waals surface area contributed by atoms with Crippen LogP contribution in [0.1, 0.15) is 5.56 Å². The molecule has 0 aliphatic carbocycles. The zero-order chi connectivity index (χ0) is 14.6. The fraction of sp³-hybridized carbons (Fsp3) is 0.364. The van der Waals surface area contributed by atoms with Crippen molar-refractivity contribution in [3.05, 3.63) is 33.6 Å². The van der Waals surface area contributed by atoms with Gasteiger partial charge in [0.1, 0.15) is 0 Å². The number of nitro groups is 1. The molecule has 104 valence electrons. The molecule has 1 unspecified atom stereocenters. The molecule has 0 aromatic heterocycles. The minimum Gasteiger partial charge on any atom is -0.478 e. The van der Waals surface area contributed by atoms with E-state index in [1.165, 1.54) is 14.0 Å². The van der Waals surface area contributed by atoms with Crippen LogP contribution in [0, 0.1) is 22.9 Å². The summed E-state index contributed by atoms with van der Waals surface area (Å²) in [6.45, 7) is 1.13. The van der Waals surface area contributed by atoms with Crippen LogP contribution >= 0.6 is 0 Å². The van der Waals surface area contributed by atoms with E-state index in [0.29, 0.717) is 6.07 Å². The maximum Gasteiger partial charge on any atom is 0.347 e. The highest BCUT2D eigenvalue weighted by molar-refractivity contribution is 5.73. The van der Waals surface area contributed by atoms with Crippen molar-refractivity contribution >= 4 is 11.7 Å². The Kier molecular flexibility index (Phi) is 4.76. The molecule has 1 atom stereocenters. The highest BCUT2D eigenvalue weighted by atomic mass is 19.1. The summed E-state index contributed by atoms with van der Waals surface area (Å²) in [5.74, 6) is -2.69. The van der Waals surface area contributed by atoms with Crippen LogP contribution in [0.25, 0.3) is 0 Å². The lowest BCUT2D eigenvalue weighted by Gasteiger charge is -2.15. The normalized spacial score (nSPS) is 11.9. The van der Waals surface area contributed by atoms with Gasteiger partial charge >= 0.3 is 5.97 Å². The first-order chi connectivity index (χ1) is 8.86. The number of benzene rings is 1. The number of rotatable bonds is 6. The second-order valence-corrected chi connectivity index (χ2v) is 3.73. The Morgan fingerprint density at radius 1 is 1.58 bits per heavy atom. The molecule has 1 N–H and O–H groups in total. The summed E-state index contributed by atoms with van der Waals surface area (Å²) in [7, 11) is 1.27. The molecule has 1 aromatic rings. The predicted molar refractivity (Wildman–Crippen MR) is 61.7 cm³/mol. The van der Waals surface area contributed by atoms with Crippen molar-refractivity contribution in [2.45, 2.75) is 13.0 Å². The lowest BCUT2D eigenvalue weighted by molar-refractivity contribution is -0.385. The van der Waals surface area contributed by atoms with Gasteiger partial charge in [0.2, 0.25) is 6.10 Å². The van der Waals surface area contributed by atoms with E-state index in [2.05, 4.69) is 4.74 Å². The average Bonchev–Trinajstić information content (AvgIpc) is 2.32. The van der Waals surface area contributed by atoms with Gasteiger partial charge in [0, 0.05) is 12.7 Å². The molecule has 1 aromatic carbocycles. The zero-order valence-electron chi connectivity index (χ0n) is 10.3. The Hall–Kier alpha value is -2.22.